The van der Waals surface area contributed by atoms with Gasteiger partial charge in [0.15, 0.2) is 0 Å². The standard InChI is InChI=1S/C16H18N2O3/c1-11-14(20-2)8-12(9-15(11)21-3)16(19)18-10-13-6-4-5-7-17-13/h4-9H,10H2,1-3H3,(H,18,19). The lowest BCUT2D eigenvalue weighted by atomic mass is 10.1. The zero-order chi connectivity index (χ0) is 15.2. The molecular formula is C16H18N2O3. The fourth-order valence-electron chi connectivity index (χ4n) is 1.99. The summed E-state index contributed by atoms with van der Waals surface area (Å²) < 4.78 is 10.5. The molecule has 1 aromatic heterocycles. The minimum atomic E-state index is -0.197. The molecule has 0 fully saturated rings. The number of aromatic nitrogens is 1. The molecular weight excluding hydrogens is 268 g/mol. The van der Waals surface area contributed by atoms with Gasteiger partial charge in [-0.05, 0) is 31.2 Å². The molecule has 5 nitrogen and oxygen atoms in total. The van der Waals surface area contributed by atoms with Crippen LogP contribution < -0.4 is 14.8 Å². The van der Waals surface area contributed by atoms with Crippen LogP contribution in [0.15, 0.2) is 36.5 Å². The molecule has 0 spiro atoms. The molecule has 0 aliphatic carbocycles. The molecule has 1 aromatic carbocycles. The van der Waals surface area contributed by atoms with Crippen LogP contribution in [0.25, 0.3) is 0 Å². The van der Waals surface area contributed by atoms with Crippen LogP contribution in [0.1, 0.15) is 21.6 Å². The van der Waals surface area contributed by atoms with E-state index in [1.165, 1.54) is 0 Å². The van der Waals surface area contributed by atoms with Crippen molar-refractivity contribution in [3.8, 4) is 11.5 Å². The topological polar surface area (TPSA) is 60.5 Å². The summed E-state index contributed by atoms with van der Waals surface area (Å²) in [5.41, 5.74) is 2.16. The number of hydrogen-bond acceptors (Lipinski definition) is 4. The van der Waals surface area contributed by atoms with E-state index in [2.05, 4.69) is 10.3 Å². The van der Waals surface area contributed by atoms with Gasteiger partial charge < -0.3 is 14.8 Å². The molecule has 0 saturated carbocycles. The highest BCUT2D eigenvalue weighted by molar-refractivity contribution is 5.95. The summed E-state index contributed by atoms with van der Waals surface area (Å²) in [5, 5.41) is 2.82. The first-order valence-electron chi connectivity index (χ1n) is 6.56. The molecule has 21 heavy (non-hydrogen) atoms. The molecule has 0 bridgehead atoms. The first kappa shape index (κ1) is 14.8. The summed E-state index contributed by atoms with van der Waals surface area (Å²) in [6, 6.07) is 8.97. The van der Waals surface area contributed by atoms with Gasteiger partial charge in [-0.25, -0.2) is 0 Å². The Kier molecular flexibility index (Phi) is 4.77. The molecule has 0 atom stereocenters. The van der Waals surface area contributed by atoms with E-state index in [1.54, 1.807) is 32.5 Å². The number of methoxy groups -OCH3 is 2. The molecule has 2 aromatic rings. The van der Waals surface area contributed by atoms with Gasteiger partial charge >= 0.3 is 0 Å². The molecule has 0 aliphatic heterocycles. The van der Waals surface area contributed by atoms with Gasteiger partial charge in [-0.3, -0.25) is 9.78 Å². The second-order valence-corrected chi connectivity index (χ2v) is 4.51. The minimum absolute atomic E-state index is 0.197. The van der Waals surface area contributed by atoms with Crippen LogP contribution in [0.4, 0.5) is 0 Å². The Morgan fingerprint density at radius 3 is 2.38 bits per heavy atom. The first-order chi connectivity index (χ1) is 10.2. The Morgan fingerprint density at radius 2 is 1.86 bits per heavy atom. The van der Waals surface area contributed by atoms with Gasteiger partial charge in [0.1, 0.15) is 11.5 Å². The fourth-order valence-corrected chi connectivity index (χ4v) is 1.99. The van der Waals surface area contributed by atoms with Crippen LogP contribution in [0, 0.1) is 6.92 Å². The maximum absolute atomic E-state index is 12.2. The van der Waals surface area contributed by atoms with Gasteiger partial charge in [0.25, 0.3) is 5.91 Å². The van der Waals surface area contributed by atoms with Crippen LogP contribution in [0.3, 0.4) is 0 Å². The largest absolute Gasteiger partial charge is 0.496 e. The lowest BCUT2D eigenvalue weighted by Crippen LogP contribution is -2.23. The van der Waals surface area contributed by atoms with E-state index in [-0.39, 0.29) is 5.91 Å². The molecule has 0 saturated heterocycles. The van der Waals surface area contributed by atoms with E-state index >= 15 is 0 Å². The number of carbonyl (C=O) groups is 1. The SMILES string of the molecule is COc1cc(C(=O)NCc2ccccn2)cc(OC)c1C. The molecule has 110 valence electrons. The Bertz CT molecular complexity index is 602. The number of carbonyl (C=O) groups excluding carboxylic acids is 1. The van der Waals surface area contributed by atoms with Crippen molar-refractivity contribution in [3.63, 3.8) is 0 Å². The van der Waals surface area contributed by atoms with E-state index in [0.29, 0.717) is 23.6 Å². The van der Waals surface area contributed by atoms with Crippen LogP contribution in [-0.2, 0) is 6.54 Å². The van der Waals surface area contributed by atoms with Crippen molar-refractivity contribution in [2.24, 2.45) is 0 Å². The molecule has 1 N–H and O–H groups in total. The summed E-state index contributed by atoms with van der Waals surface area (Å²) >= 11 is 0. The first-order valence-corrected chi connectivity index (χ1v) is 6.56. The summed E-state index contributed by atoms with van der Waals surface area (Å²) in [6.07, 6.45) is 1.69. The highest BCUT2D eigenvalue weighted by Gasteiger charge is 2.13. The third-order valence-corrected chi connectivity index (χ3v) is 3.17. The second kappa shape index (κ2) is 6.74. The van der Waals surface area contributed by atoms with Crippen molar-refractivity contribution in [1.82, 2.24) is 10.3 Å². The Morgan fingerprint density at radius 1 is 1.19 bits per heavy atom. The third kappa shape index (κ3) is 3.51. The van der Waals surface area contributed by atoms with Crippen LogP contribution in [-0.4, -0.2) is 25.1 Å². The highest BCUT2D eigenvalue weighted by Crippen LogP contribution is 2.29. The van der Waals surface area contributed by atoms with Crippen molar-refractivity contribution in [2.75, 3.05) is 14.2 Å². The van der Waals surface area contributed by atoms with Crippen molar-refractivity contribution in [3.05, 3.63) is 53.3 Å². The summed E-state index contributed by atoms with van der Waals surface area (Å²) in [6.45, 7) is 2.26. The van der Waals surface area contributed by atoms with Crippen molar-refractivity contribution in [1.29, 1.82) is 0 Å². The van der Waals surface area contributed by atoms with E-state index in [9.17, 15) is 4.79 Å². The van der Waals surface area contributed by atoms with Crippen LogP contribution in [0.2, 0.25) is 0 Å². The lowest BCUT2D eigenvalue weighted by molar-refractivity contribution is 0.0949. The number of pyridine rings is 1. The van der Waals surface area contributed by atoms with E-state index in [4.69, 9.17) is 9.47 Å². The van der Waals surface area contributed by atoms with Crippen LogP contribution >= 0.6 is 0 Å². The average molecular weight is 286 g/mol. The zero-order valence-corrected chi connectivity index (χ0v) is 12.3. The molecule has 2 rings (SSSR count). The number of benzene rings is 1. The quantitative estimate of drug-likeness (QED) is 0.916. The molecule has 0 unspecified atom stereocenters. The van der Waals surface area contributed by atoms with E-state index in [1.807, 2.05) is 25.1 Å². The molecule has 0 radical (unpaired) electrons. The van der Waals surface area contributed by atoms with Crippen molar-refractivity contribution >= 4 is 5.91 Å². The van der Waals surface area contributed by atoms with Gasteiger partial charge in [0, 0.05) is 17.3 Å². The number of nitrogens with zero attached hydrogens (tertiary/aromatic N) is 1. The normalized spacial score (nSPS) is 10.0. The number of ether oxygens (including phenoxy) is 2. The van der Waals surface area contributed by atoms with Crippen molar-refractivity contribution in [2.45, 2.75) is 13.5 Å². The maximum Gasteiger partial charge on any atom is 0.251 e. The van der Waals surface area contributed by atoms with E-state index < -0.39 is 0 Å². The Labute approximate surface area is 123 Å². The average Bonchev–Trinajstić information content (AvgIpc) is 2.53. The Balaban J connectivity index is 2.15. The van der Waals surface area contributed by atoms with Crippen LogP contribution in [0.5, 0.6) is 11.5 Å². The third-order valence-electron chi connectivity index (χ3n) is 3.17. The summed E-state index contributed by atoms with van der Waals surface area (Å²) in [5.74, 6) is 1.05. The summed E-state index contributed by atoms with van der Waals surface area (Å²) in [7, 11) is 3.13. The monoisotopic (exact) mass is 286 g/mol. The number of nitrogens with one attached hydrogen (secondary N) is 1. The second-order valence-electron chi connectivity index (χ2n) is 4.51. The molecule has 5 heteroatoms. The van der Waals surface area contributed by atoms with Gasteiger partial charge in [0.2, 0.25) is 0 Å². The van der Waals surface area contributed by atoms with Crippen molar-refractivity contribution < 1.29 is 14.3 Å². The van der Waals surface area contributed by atoms with Gasteiger partial charge in [0.05, 0.1) is 26.5 Å². The van der Waals surface area contributed by atoms with Gasteiger partial charge in [-0.1, -0.05) is 6.07 Å². The predicted octanol–water partition coefficient (Wildman–Crippen LogP) is 2.34. The van der Waals surface area contributed by atoms with Gasteiger partial charge in [-0.15, -0.1) is 0 Å². The van der Waals surface area contributed by atoms with Gasteiger partial charge in [-0.2, -0.15) is 0 Å². The smallest absolute Gasteiger partial charge is 0.251 e. The summed E-state index contributed by atoms with van der Waals surface area (Å²) in [4.78, 5) is 16.4. The number of amides is 1. The minimum Gasteiger partial charge on any atom is -0.496 e. The highest BCUT2D eigenvalue weighted by atomic mass is 16.5. The lowest BCUT2D eigenvalue weighted by Gasteiger charge is -2.12. The maximum atomic E-state index is 12.2. The fraction of sp³-hybridized carbons (Fsp3) is 0.250. The molecule has 0 aliphatic rings. The number of hydrogen-bond donors (Lipinski definition) is 1. The molecule has 1 amide bonds. The van der Waals surface area contributed by atoms with E-state index in [0.717, 1.165) is 11.3 Å². The predicted molar refractivity (Wildman–Crippen MR) is 79.7 cm³/mol. The molecule has 1 heterocycles. The zero-order valence-electron chi connectivity index (χ0n) is 12.3. The number of rotatable bonds is 5. The Hall–Kier alpha value is -2.56.